The van der Waals surface area contributed by atoms with E-state index in [0.29, 0.717) is 12.4 Å². The number of tetrazole rings is 1. The monoisotopic (exact) mass is 233 g/mol. The smallest absolute Gasteiger partial charge is 0.317 e. The van der Waals surface area contributed by atoms with Gasteiger partial charge in [0.05, 0.1) is 18.8 Å². The number of rotatable bonds is 5. The Hall–Kier alpha value is -2.28. The van der Waals surface area contributed by atoms with E-state index in [1.807, 2.05) is 30.3 Å². The number of para-hydroxylation sites is 1. The summed E-state index contributed by atoms with van der Waals surface area (Å²) in [6.45, 7) is 0.176. The maximum atomic E-state index is 10.4. The Kier molecular flexibility index (Phi) is 3.41. The maximum absolute atomic E-state index is 10.4. The molecule has 1 aromatic carbocycles. The molecule has 1 heterocycles. The number of carboxylic acid groups (broad SMARTS) is 1. The van der Waals surface area contributed by atoms with Gasteiger partial charge in [0.1, 0.15) is 0 Å². The first-order chi connectivity index (χ1) is 8.27. The predicted molar refractivity (Wildman–Crippen MR) is 58.5 cm³/mol. The molecule has 0 saturated carbocycles. The van der Waals surface area contributed by atoms with Crippen molar-refractivity contribution in [2.45, 2.75) is 6.54 Å². The molecular formula is C10H11N5O2. The lowest BCUT2D eigenvalue weighted by atomic mass is 10.3. The SMILES string of the molecule is O=C(O)CNCc1nnnn1-c1ccccc1. The zero-order valence-electron chi connectivity index (χ0n) is 8.95. The Balaban J connectivity index is 2.10. The minimum Gasteiger partial charge on any atom is -0.480 e. The molecule has 2 rings (SSSR count). The number of hydrogen-bond acceptors (Lipinski definition) is 5. The molecule has 0 aliphatic rings. The standard InChI is InChI=1S/C10H11N5O2/c16-10(17)7-11-6-9-12-13-14-15(9)8-4-2-1-3-5-8/h1-5,11H,6-7H2,(H,16,17). The summed E-state index contributed by atoms with van der Waals surface area (Å²) in [6.07, 6.45) is 0. The van der Waals surface area contributed by atoms with Crippen molar-refractivity contribution in [3.63, 3.8) is 0 Å². The summed E-state index contributed by atoms with van der Waals surface area (Å²) in [4.78, 5) is 10.4. The molecule has 2 N–H and O–H groups in total. The van der Waals surface area contributed by atoms with Crippen LogP contribution in [-0.4, -0.2) is 37.8 Å². The van der Waals surface area contributed by atoms with E-state index in [4.69, 9.17) is 5.11 Å². The van der Waals surface area contributed by atoms with Crippen LogP contribution in [0.25, 0.3) is 5.69 Å². The third-order valence-corrected chi connectivity index (χ3v) is 2.09. The minimum absolute atomic E-state index is 0.123. The number of aromatic nitrogens is 4. The highest BCUT2D eigenvalue weighted by atomic mass is 16.4. The highest BCUT2D eigenvalue weighted by Gasteiger charge is 2.07. The van der Waals surface area contributed by atoms with Crippen molar-refractivity contribution in [3.8, 4) is 5.69 Å². The van der Waals surface area contributed by atoms with Crippen molar-refractivity contribution in [1.29, 1.82) is 0 Å². The summed E-state index contributed by atoms with van der Waals surface area (Å²) in [7, 11) is 0. The molecule has 1 aromatic heterocycles. The van der Waals surface area contributed by atoms with Gasteiger partial charge in [0, 0.05) is 0 Å². The van der Waals surface area contributed by atoms with Crippen LogP contribution in [0.3, 0.4) is 0 Å². The first-order valence-electron chi connectivity index (χ1n) is 5.02. The van der Waals surface area contributed by atoms with Crippen LogP contribution < -0.4 is 5.32 Å². The molecule has 0 aliphatic heterocycles. The van der Waals surface area contributed by atoms with E-state index in [9.17, 15) is 4.79 Å². The number of aliphatic carboxylic acids is 1. The molecule has 0 atom stereocenters. The van der Waals surface area contributed by atoms with Gasteiger partial charge in [-0.05, 0) is 22.6 Å². The van der Waals surface area contributed by atoms with Gasteiger partial charge in [-0.2, -0.15) is 4.68 Å². The zero-order chi connectivity index (χ0) is 12.1. The van der Waals surface area contributed by atoms with Crippen LogP contribution in [0.1, 0.15) is 5.82 Å². The Bertz CT molecular complexity index is 496. The molecule has 0 fully saturated rings. The van der Waals surface area contributed by atoms with Gasteiger partial charge in [-0.3, -0.25) is 10.1 Å². The lowest BCUT2D eigenvalue weighted by molar-refractivity contribution is -0.136. The second-order valence-corrected chi connectivity index (χ2v) is 3.34. The summed E-state index contributed by atoms with van der Waals surface area (Å²) >= 11 is 0. The van der Waals surface area contributed by atoms with Crippen molar-refractivity contribution < 1.29 is 9.90 Å². The summed E-state index contributed by atoms with van der Waals surface area (Å²) < 4.78 is 1.56. The lowest BCUT2D eigenvalue weighted by Crippen LogP contribution is -2.23. The fraction of sp³-hybridized carbons (Fsp3) is 0.200. The lowest BCUT2D eigenvalue weighted by Gasteiger charge is -2.04. The van der Waals surface area contributed by atoms with E-state index in [1.165, 1.54) is 0 Å². The van der Waals surface area contributed by atoms with E-state index >= 15 is 0 Å². The Morgan fingerprint density at radius 1 is 1.35 bits per heavy atom. The maximum Gasteiger partial charge on any atom is 0.317 e. The molecule has 88 valence electrons. The van der Waals surface area contributed by atoms with Gasteiger partial charge >= 0.3 is 5.97 Å². The van der Waals surface area contributed by atoms with Crippen molar-refractivity contribution in [1.82, 2.24) is 25.5 Å². The third-order valence-electron chi connectivity index (χ3n) is 2.09. The van der Waals surface area contributed by atoms with Crippen molar-refractivity contribution in [3.05, 3.63) is 36.2 Å². The highest BCUT2D eigenvalue weighted by molar-refractivity contribution is 5.68. The summed E-state index contributed by atoms with van der Waals surface area (Å²) in [5.74, 6) is -0.346. The Morgan fingerprint density at radius 3 is 2.82 bits per heavy atom. The molecule has 7 nitrogen and oxygen atoms in total. The number of carbonyl (C=O) groups is 1. The van der Waals surface area contributed by atoms with Crippen LogP contribution in [0.15, 0.2) is 30.3 Å². The fourth-order valence-corrected chi connectivity index (χ4v) is 1.37. The summed E-state index contributed by atoms with van der Waals surface area (Å²) in [5, 5.41) is 22.5. The largest absolute Gasteiger partial charge is 0.480 e. The van der Waals surface area contributed by atoms with Crippen LogP contribution in [0.5, 0.6) is 0 Å². The molecule has 0 bridgehead atoms. The minimum atomic E-state index is -0.913. The van der Waals surface area contributed by atoms with Crippen molar-refractivity contribution in [2.75, 3.05) is 6.54 Å². The van der Waals surface area contributed by atoms with Gasteiger partial charge in [0.15, 0.2) is 5.82 Å². The summed E-state index contributed by atoms with van der Waals surface area (Å²) in [5.41, 5.74) is 0.838. The van der Waals surface area contributed by atoms with Gasteiger partial charge in [-0.15, -0.1) is 5.10 Å². The predicted octanol–water partition coefficient (Wildman–Crippen LogP) is -0.164. The Labute approximate surface area is 97.1 Å². The zero-order valence-corrected chi connectivity index (χ0v) is 8.95. The molecule has 0 unspecified atom stereocenters. The average Bonchev–Trinajstić information content (AvgIpc) is 2.78. The second-order valence-electron chi connectivity index (χ2n) is 3.34. The average molecular weight is 233 g/mol. The first-order valence-corrected chi connectivity index (χ1v) is 5.02. The number of nitrogens with one attached hydrogen (secondary N) is 1. The second kappa shape index (κ2) is 5.17. The Morgan fingerprint density at radius 2 is 2.12 bits per heavy atom. The quantitative estimate of drug-likeness (QED) is 0.745. The van der Waals surface area contributed by atoms with Crippen LogP contribution in [0.2, 0.25) is 0 Å². The van der Waals surface area contributed by atoms with E-state index in [0.717, 1.165) is 5.69 Å². The normalized spacial score (nSPS) is 10.4. The van der Waals surface area contributed by atoms with Crippen LogP contribution in [0.4, 0.5) is 0 Å². The van der Waals surface area contributed by atoms with E-state index in [2.05, 4.69) is 20.8 Å². The first kappa shape index (κ1) is 11.2. The van der Waals surface area contributed by atoms with E-state index in [1.54, 1.807) is 4.68 Å². The van der Waals surface area contributed by atoms with Crippen molar-refractivity contribution in [2.24, 2.45) is 0 Å². The van der Waals surface area contributed by atoms with Gasteiger partial charge in [-0.25, -0.2) is 0 Å². The molecule has 17 heavy (non-hydrogen) atoms. The number of hydrogen-bond donors (Lipinski definition) is 2. The molecule has 0 spiro atoms. The molecule has 0 saturated heterocycles. The van der Waals surface area contributed by atoms with E-state index < -0.39 is 5.97 Å². The highest BCUT2D eigenvalue weighted by Crippen LogP contribution is 2.06. The molecule has 0 aliphatic carbocycles. The number of carboxylic acids is 1. The van der Waals surface area contributed by atoms with Gasteiger partial charge < -0.3 is 5.11 Å². The molecule has 2 aromatic rings. The van der Waals surface area contributed by atoms with E-state index in [-0.39, 0.29) is 6.54 Å². The van der Waals surface area contributed by atoms with Crippen molar-refractivity contribution >= 4 is 5.97 Å². The molecule has 0 amide bonds. The third kappa shape index (κ3) is 2.85. The van der Waals surface area contributed by atoms with Gasteiger partial charge in [-0.1, -0.05) is 18.2 Å². The number of nitrogens with zero attached hydrogens (tertiary/aromatic N) is 4. The van der Waals surface area contributed by atoms with Crippen LogP contribution >= 0.6 is 0 Å². The topological polar surface area (TPSA) is 92.9 Å². The van der Waals surface area contributed by atoms with Gasteiger partial charge in [0.2, 0.25) is 0 Å². The molecule has 0 radical (unpaired) electrons. The molecular weight excluding hydrogens is 222 g/mol. The van der Waals surface area contributed by atoms with Gasteiger partial charge in [0.25, 0.3) is 0 Å². The summed E-state index contributed by atoms with van der Waals surface area (Å²) in [6, 6.07) is 9.40. The van der Waals surface area contributed by atoms with Crippen LogP contribution in [-0.2, 0) is 11.3 Å². The number of benzene rings is 1. The molecule has 7 heteroatoms. The fourth-order valence-electron chi connectivity index (χ4n) is 1.37. The van der Waals surface area contributed by atoms with Crippen LogP contribution in [0, 0.1) is 0 Å².